The molecule has 0 aliphatic carbocycles. The second kappa shape index (κ2) is 67.2. The number of rotatable bonds is 53. The van der Waals surface area contributed by atoms with E-state index in [0.717, 1.165) is 19.6 Å². The molecule has 0 heterocycles. The van der Waals surface area contributed by atoms with Gasteiger partial charge in [-0.1, -0.05) is 290 Å². The van der Waals surface area contributed by atoms with Gasteiger partial charge in [-0.3, -0.25) is 0 Å². The molecule has 70 heavy (non-hydrogen) atoms. The van der Waals surface area contributed by atoms with Crippen LogP contribution in [0.25, 0.3) is 0 Å². The Morgan fingerprint density at radius 3 is 0.514 bits per heavy atom. The second-order valence-electron chi connectivity index (χ2n) is 20.9. The first-order valence-electron chi connectivity index (χ1n) is 30.7. The molecule has 422 valence electrons. The molecule has 0 aliphatic rings. The van der Waals surface area contributed by atoms with Gasteiger partial charge in [-0.2, -0.15) is 0 Å². The molecule has 0 atom stereocenters. The number of carbonyl (C=O) groups excluding carboxylic acids is 3. The van der Waals surface area contributed by atoms with Crippen LogP contribution in [0.15, 0.2) is 0 Å². The van der Waals surface area contributed by atoms with Gasteiger partial charge in [0.05, 0.1) is 25.6 Å². The number of carbonyl (C=O) groups is 3. The summed E-state index contributed by atoms with van der Waals surface area (Å²) in [5.41, 5.74) is 8.69. The molecule has 0 spiro atoms. The van der Waals surface area contributed by atoms with Crippen molar-refractivity contribution in [3.8, 4) is 0 Å². The molecule has 0 saturated carbocycles. The molecule has 10 nitrogen and oxygen atoms in total. The zero-order chi connectivity index (χ0) is 52.7. The number of quaternary nitrogens is 3. The van der Waals surface area contributed by atoms with E-state index in [9.17, 15) is 29.7 Å². The smallest absolute Gasteiger partial charge is 0.114 e. The summed E-state index contributed by atoms with van der Waals surface area (Å²) in [6, 6.07) is 0. The number of hydrogen-bond donors (Lipinski definition) is 4. The second-order valence-corrected chi connectivity index (χ2v) is 20.9. The molecule has 10 N–H and O–H groups in total. The molecule has 0 fully saturated rings. The standard InChI is InChI=1S/3C18H39N.C6H8O7/c3*1-2-3-4-5-6-7-8-9-10-11-12-13-14-15-16-17-18-19;7-3(8)1-6(13,5(11)12)2-4(9)10/h3*2-19H2,1H3;13H,1-2H2,(H,7,8)(H,9,10)(H,11,12). The van der Waals surface area contributed by atoms with E-state index in [1.165, 1.54) is 308 Å². The molecule has 0 aliphatic heterocycles. The van der Waals surface area contributed by atoms with Crippen molar-refractivity contribution in [3.05, 3.63) is 0 Å². The van der Waals surface area contributed by atoms with Crippen molar-refractivity contribution >= 4 is 17.9 Å². The summed E-state index contributed by atoms with van der Waals surface area (Å²) in [5, 5.41) is 38.9. The molecule has 0 saturated heterocycles. The Kier molecular flexibility index (Phi) is 71.8. The van der Waals surface area contributed by atoms with Gasteiger partial charge < -0.3 is 52.0 Å². The van der Waals surface area contributed by atoms with Crippen LogP contribution in [-0.2, 0) is 14.4 Å². The van der Waals surface area contributed by atoms with Crippen LogP contribution in [-0.4, -0.2) is 48.2 Å². The van der Waals surface area contributed by atoms with E-state index in [1.807, 2.05) is 0 Å². The third kappa shape index (κ3) is 72.8. The van der Waals surface area contributed by atoms with Crippen LogP contribution in [0.3, 0.4) is 0 Å². The van der Waals surface area contributed by atoms with E-state index in [2.05, 4.69) is 38.0 Å². The molecule has 0 aromatic heterocycles. The number of carboxylic acids is 3. The lowest BCUT2D eigenvalue weighted by Gasteiger charge is -2.29. The minimum absolute atomic E-state index is 1.12. The van der Waals surface area contributed by atoms with Crippen LogP contribution in [0, 0.1) is 0 Å². The van der Waals surface area contributed by atoms with Gasteiger partial charge in [0.2, 0.25) is 0 Å². The lowest BCUT2D eigenvalue weighted by atomic mass is 9.96. The van der Waals surface area contributed by atoms with E-state index >= 15 is 0 Å². The first-order valence-corrected chi connectivity index (χ1v) is 30.7. The molecule has 0 bridgehead atoms. The maximum absolute atomic E-state index is 10.1. The molecule has 0 aromatic carbocycles. The maximum Gasteiger partial charge on any atom is 0.114 e. The van der Waals surface area contributed by atoms with Gasteiger partial charge in [-0.15, -0.1) is 0 Å². The zero-order valence-electron chi connectivity index (χ0n) is 47.5. The van der Waals surface area contributed by atoms with Crippen LogP contribution in [0.5, 0.6) is 0 Å². The highest BCUT2D eigenvalue weighted by Crippen LogP contribution is 2.17. The average molecular weight is 1000 g/mol. The minimum Gasteiger partial charge on any atom is -0.550 e. The third-order valence-electron chi connectivity index (χ3n) is 13.6. The maximum atomic E-state index is 10.1. The molecular formula is C60H125N3O7. The number of aliphatic hydroxyl groups is 1. The molecular weight excluding hydrogens is 875 g/mol. The molecule has 0 aromatic rings. The Labute approximate surface area is 435 Å². The normalized spacial score (nSPS) is 11.0. The quantitative estimate of drug-likeness (QED) is 0.0431. The topological polar surface area (TPSA) is 224 Å². The predicted molar refractivity (Wildman–Crippen MR) is 291 cm³/mol. The fourth-order valence-corrected chi connectivity index (χ4v) is 8.86. The Balaban J connectivity index is -0.000000419. The van der Waals surface area contributed by atoms with E-state index in [0.29, 0.717) is 0 Å². The van der Waals surface area contributed by atoms with Crippen LogP contribution < -0.4 is 32.5 Å². The summed E-state index contributed by atoms with van der Waals surface area (Å²) in [5.74, 6) is -5.98. The number of hydrogen-bond acceptors (Lipinski definition) is 7. The third-order valence-corrected chi connectivity index (χ3v) is 13.6. The van der Waals surface area contributed by atoms with Gasteiger partial charge >= 0.3 is 0 Å². The highest BCUT2D eigenvalue weighted by molar-refractivity contribution is 5.86. The van der Waals surface area contributed by atoms with Crippen molar-refractivity contribution in [2.75, 3.05) is 19.6 Å². The molecule has 0 amide bonds. The van der Waals surface area contributed by atoms with Crippen molar-refractivity contribution < 1.29 is 52.0 Å². The van der Waals surface area contributed by atoms with Crippen molar-refractivity contribution in [1.29, 1.82) is 0 Å². The highest BCUT2D eigenvalue weighted by Gasteiger charge is 2.29. The SMILES string of the molecule is CCCCCCCCCCCCCCCCCC[NH3+].CCCCCCCCCCCCCCCCCC[NH3+].CCCCCCCCCCCCCCCCCC[NH3+].O=C([O-])CC(O)(CC(=O)[O-])C(=O)[O-]. The Morgan fingerprint density at radius 2 is 0.414 bits per heavy atom. The number of unbranched alkanes of at least 4 members (excludes halogenated alkanes) is 45. The van der Waals surface area contributed by atoms with E-state index in [4.69, 9.17) is 5.11 Å². The van der Waals surface area contributed by atoms with E-state index in [-0.39, 0.29) is 0 Å². The number of carboxylic acid groups (broad SMARTS) is 3. The largest absolute Gasteiger partial charge is 0.550 e. The lowest BCUT2D eigenvalue weighted by molar-refractivity contribution is -0.368. The fourth-order valence-electron chi connectivity index (χ4n) is 8.86. The van der Waals surface area contributed by atoms with Gasteiger partial charge in [0.25, 0.3) is 0 Å². The van der Waals surface area contributed by atoms with Crippen molar-refractivity contribution in [3.63, 3.8) is 0 Å². The molecule has 10 heteroatoms. The lowest BCUT2D eigenvalue weighted by Crippen LogP contribution is -2.54. The Bertz CT molecular complexity index is 856. The summed E-state index contributed by atoms with van der Waals surface area (Å²) >= 11 is 0. The summed E-state index contributed by atoms with van der Waals surface area (Å²) < 4.78 is 0. The fraction of sp³-hybridized carbons (Fsp3) is 0.950. The van der Waals surface area contributed by atoms with Gasteiger partial charge in [0.1, 0.15) is 5.60 Å². The van der Waals surface area contributed by atoms with Gasteiger partial charge in [0, 0.05) is 24.8 Å². The van der Waals surface area contributed by atoms with Crippen LogP contribution in [0.4, 0.5) is 0 Å². The molecule has 0 unspecified atom stereocenters. The Hall–Kier alpha value is -1.75. The van der Waals surface area contributed by atoms with Crippen molar-refractivity contribution in [2.24, 2.45) is 0 Å². The van der Waals surface area contributed by atoms with Crippen molar-refractivity contribution in [2.45, 2.75) is 347 Å². The number of aliphatic carboxylic acids is 3. The predicted octanol–water partition coefficient (Wildman–Crippen LogP) is 11.2. The van der Waals surface area contributed by atoms with E-state index in [1.54, 1.807) is 0 Å². The average Bonchev–Trinajstić information content (AvgIpc) is 3.33. The Morgan fingerprint density at radius 1 is 0.286 bits per heavy atom. The van der Waals surface area contributed by atoms with Gasteiger partial charge in [0.15, 0.2) is 0 Å². The van der Waals surface area contributed by atoms with Gasteiger partial charge in [-0.05, 0) is 38.5 Å². The monoisotopic (exact) mass is 1000 g/mol. The van der Waals surface area contributed by atoms with Gasteiger partial charge in [-0.25, -0.2) is 0 Å². The summed E-state index contributed by atoms with van der Waals surface area (Å²) in [6.07, 6.45) is 66.9. The van der Waals surface area contributed by atoms with Crippen LogP contribution >= 0.6 is 0 Å². The first kappa shape index (κ1) is 74.8. The van der Waals surface area contributed by atoms with Crippen molar-refractivity contribution in [1.82, 2.24) is 0 Å². The summed E-state index contributed by atoms with van der Waals surface area (Å²) in [6.45, 7) is 10.2. The molecule has 0 radical (unpaired) electrons. The summed E-state index contributed by atoms with van der Waals surface area (Å²) in [4.78, 5) is 30.0. The minimum atomic E-state index is -2.97. The van der Waals surface area contributed by atoms with Crippen LogP contribution in [0.2, 0.25) is 0 Å². The first-order chi connectivity index (χ1) is 34.0. The zero-order valence-corrected chi connectivity index (χ0v) is 47.5. The summed E-state index contributed by atoms with van der Waals surface area (Å²) in [7, 11) is 0. The highest BCUT2D eigenvalue weighted by atomic mass is 16.4. The molecule has 0 rings (SSSR count). The van der Waals surface area contributed by atoms with Crippen LogP contribution in [0.1, 0.15) is 342 Å². The van der Waals surface area contributed by atoms with E-state index < -0.39 is 36.4 Å².